The zero-order chi connectivity index (χ0) is 15.5. The van der Waals surface area contributed by atoms with Gasteiger partial charge in [-0.1, -0.05) is 6.07 Å². The van der Waals surface area contributed by atoms with E-state index < -0.39 is 5.97 Å². The third-order valence-corrected chi connectivity index (χ3v) is 3.17. The van der Waals surface area contributed by atoms with Crippen LogP contribution in [0.1, 0.15) is 15.9 Å². The molecule has 2 aromatic rings. The van der Waals surface area contributed by atoms with Gasteiger partial charge in [-0.3, -0.25) is 4.99 Å². The summed E-state index contributed by atoms with van der Waals surface area (Å²) in [5, 5.41) is 8.98. The van der Waals surface area contributed by atoms with E-state index in [1.54, 1.807) is 37.6 Å². The summed E-state index contributed by atoms with van der Waals surface area (Å²) in [7, 11) is 1.56. The highest BCUT2D eigenvalue weighted by Crippen LogP contribution is 2.37. The van der Waals surface area contributed by atoms with E-state index >= 15 is 0 Å². The van der Waals surface area contributed by atoms with Crippen molar-refractivity contribution >= 4 is 17.9 Å². The topological polar surface area (TPSA) is 77.4 Å². The number of carboxylic acid groups (broad SMARTS) is 1. The van der Waals surface area contributed by atoms with Crippen molar-refractivity contribution in [1.82, 2.24) is 0 Å². The van der Waals surface area contributed by atoms with E-state index in [2.05, 4.69) is 4.99 Å². The Morgan fingerprint density at radius 3 is 2.77 bits per heavy atom. The fraction of sp³-hybridized carbons (Fsp3) is 0.125. The number of aromatic carboxylic acids is 1. The maximum atomic E-state index is 11.0. The van der Waals surface area contributed by atoms with E-state index in [4.69, 9.17) is 19.3 Å². The minimum Gasteiger partial charge on any atom is -0.496 e. The summed E-state index contributed by atoms with van der Waals surface area (Å²) >= 11 is 0. The number of carbonyl (C=O) groups is 1. The third-order valence-electron chi connectivity index (χ3n) is 3.17. The average molecular weight is 299 g/mol. The number of hydrogen-bond donors (Lipinski definition) is 1. The van der Waals surface area contributed by atoms with E-state index in [1.807, 2.05) is 0 Å². The van der Waals surface area contributed by atoms with Gasteiger partial charge in [-0.2, -0.15) is 0 Å². The van der Waals surface area contributed by atoms with Crippen molar-refractivity contribution in [3.63, 3.8) is 0 Å². The zero-order valence-electron chi connectivity index (χ0n) is 11.8. The molecule has 0 fully saturated rings. The Kier molecular flexibility index (Phi) is 3.65. The summed E-state index contributed by atoms with van der Waals surface area (Å²) in [5.41, 5.74) is 1.44. The molecule has 1 aliphatic heterocycles. The van der Waals surface area contributed by atoms with Crippen molar-refractivity contribution in [2.75, 3.05) is 13.9 Å². The lowest BCUT2D eigenvalue weighted by Crippen LogP contribution is -1.94. The van der Waals surface area contributed by atoms with Gasteiger partial charge in [0, 0.05) is 17.8 Å². The van der Waals surface area contributed by atoms with Gasteiger partial charge in [0.15, 0.2) is 11.5 Å². The molecule has 2 aromatic carbocycles. The van der Waals surface area contributed by atoms with Crippen LogP contribution in [-0.2, 0) is 0 Å². The van der Waals surface area contributed by atoms with Crippen molar-refractivity contribution < 1.29 is 24.1 Å². The van der Waals surface area contributed by atoms with Gasteiger partial charge in [-0.05, 0) is 24.3 Å². The highest BCUT2D eigenvalue weighted by molar-refractivity contribution is 5.90. The number of methoxy groups -OCH3 is 1. The van der Waals surface area contributed by atoms with Crippen molar-refractivity contribution in [1.29, 1.82) is 0 Å². The molecule has 1 heterocycles. The van der Waals surface area contributed by atoms with Crippen molar-refractivity contribution in [3.05, 3.63) is 47.5 Å². The molecule has 0 aromatic heterocycles. The molecule has 6 heteroatoms. The third kappa shape index (κ3) is 2.71. The molecule has 6 nitrogen and oxygen atoms in total. The van der Waals surface area contributed by atoms with E-state index in [0.717, 1.165) is 0 Å². The molecule has 0 atom stereocenters. The van der Waals surface area contributed by atoms with Gasteiger partial charge in [0.1, 0.15) is 5.75 Å². The second-order valence-corrected chi connectivity index (χ2v) is 4.56. The number of fused-ring (bicyclic) bond motifs is 1. The van der Waals surface area contributed by atoms with Gasteiger partial charge in [0.2, 0.25) is 6.79 Å². The summed E-state index contributed by atoms with van der Waals surface area (Å²) < 4.78 is 15.9. The van der Waals surface area contributed by atoms with Crippen LogP contribution in [0.3, 0.4) is 0 Å². The monoisotopic (exact) mass is 299 g/mol. The second kappa shape index (κ2) is 5.77. The highest BCUT2D eigenvalue weighted by Gasteiger charge is 2.16. The quantitative estimate of drug-likeness (QED) is 0.878. The second-order valence-electron chi connectivity index (χ2n) is 4.56. The fourth-order valence-corrected chi connectivity index (χ4v) is 2.08. The van der Waals surface area contributed by atoms with Crippen molar-refractivity contribution in [2.24, 2.45) is 4.99 Å². The zero-order valence-corrected chi connectivity index (χ0v) is 11.8. The molecule has 0 radical (unpaired) electrons. The number of carboxylic acids is 1. The van der Waals surface area contributed by atoms with E-state index in [-0.39, 0.29) is 12.4 Å². The molecule has 0 aliphatic carbocycles. The van der Waals surface area contributed by atoms with Crippen LogP contribution in [0.4, 0.5) is 5.69 Å². The lowest BCUT2D eigenvalue weighted by Gasteiger charge is -2.06. The lowest BCUT2D eigenvalue weighted by molar-refractivity contribution is 0.0697. The predicted octanol–water partition coefficient (Wildman–Crippen LogP) is 2.87. The number of benzene rings is 2. The molecule has 1 N–H and O–H groups in total. The molecule has 0 amide bonds. The van der Waals surface area contributed by atoms with E-state index in [1.165, 1.54) is 12.1 Å². The first-order chi connectivity index (χ1) is 10.7. The van der Waals surface area contributed by atoms with E-state index in [9.17, 15) is 4.79 Å². The predicted molar refractivity (Wildman–Crippen MR) is 79.8 cm³/mol. The Balaban J connectivity index is 1.92. The Morgan fingerprint density at radius 2 is 2.05 bits per heavy atom. The Labute approximate surface area is 126 Å². The van der Waals surface area contributed by atoms with Crippen LogP contribution in [-0.4, -0.2) is 31.2 Å². The SMILES string of the molecule is COc1cc2c(cc1C=Nc1cccc(C(=O)O)c1)OCO2. The normalized spacial score (nSPS) is 12.6. The number of ether oxygens (including phenoxy) is 3. The first-order valence-electron chi connectivity index (χ1n) is 6.52. The highest BCUT2D eigenvalue weighted by atomic mass is 16.7. The standard InChI is InChI=1S/C16H13NO5/c1-20-13-7-15-14(21-9-22-15)6-11(13)8-17-12-4-2-3-10(5-12)16(18)19/h2-8H,9H2,1H3,(H,18,19). The number of aliphatic imine (C=N–C) groups is 1. The summed E-state index contributed by atoms with van der Waals surface area (Å²) in [5.74, 6) is 0.864. The number of rotatable bonds is 4. The molecular formula is C16H13NO5. The summed E-state index contributed by atoms with van der Waals surface area (Å²) in [4.78, 5) is 15.2. The molecule has 112 valence electrons. The minimum atomic E-state index is -0.988. The first-order valence-corrected chi connectivity index (χ1v) is 6.52. The van der Waals surface area contributed by atoms with Gasteiger partial charge in [0.25, 0.3) is 0 Å². The maximum Gasteiger partial charge on any atom is 0.335 e. The molecule has 0 spiro atoms. The first kappa shape index (κ1) is 13.9. The minimum absolute atomic E-state index is 0.180. The van der Waals surface area contributed by atoms with Gasteiger partial charge in [-0.15, -0.1) is 0 Å². The van der Waals surface area contributed by atoms with Gasteiger partial charge >= 0.3 is 5.97 Å². The number of nitrogens with zero attached hydrogens (tertiary/aromatic N) is 1. The largest absolute Gasteiger partial charge is 0.496 e. The van der Waals surface area contributed by atoms with Crippen molar-refractivity contribution in [2.45, 2.75) is 0 Å². The molecule has 0 saturated carbocycles. The Hall–Kier alpha value is -3.02. The Morgan fingerprint density at radius 1 is 1.27 bits per heavy atom. The lowest BCUT2D eigenvalue weighted by atomic mass is 10.2. The van der Waals surface area contributed by atoms with Crippen molar-refractivity contribution in [3.8, 4) is 17.2 Å². The van der Waals surface area contributed by atoms with Crippen LogP contribution in [0, 0.1) is 0 Å². The van der Waals surface area contributed by atoms with Gasteiger partial charge < -0.3 is 19.3 Å². The maximum absolute atomic E-state index is 11.0. The van der Waals surface area contributed by atoms with Crippen LogP contribution in [0.15, 0.2) is 41.4 Å². The molecule has 22 heavy (non-hydrogen) atoms. The average Bonchev–Trinajstić information content (AvgIpc) is 2.99. The molecule has 1 aliphatic rings. The van der Waals surface area contributed by atoms with Crippen LogP contribution in [0.2, 0.25) is 0 Å². The molecule has 0 saturated heterocycles. The molecule has 0 unspecified atom stereocenters. The van der Waals surface area contributed by atoms with Gasteiger partial charge in [-0.25, -0.2) is 4.79 Å². The van der Waals surface area contributed by atoms with Crippen LogP contribution >= 0.6 is 0 Å². The Bertz CT molecular complexity index is 754. The number of hydrogen-bond acceptors (Lipinski definition) is 5. The smallest absolute Gasteiger partial charge is 0.335 e. The molecular weight excluding hydrogens is 286 g/mol. The van der Waals surface area contributed by atoms with Crippen LogP contribution in [0.25, 0.3) is 0 Å². The van der Waals surface area contributed by atoms with Crippen LogP contribution < -0.4 is 14.2 Å². The molecule has 0 bridgehead atoms. The summed E-state index contributed by atoms with van der Waals surface area (Å²) in [6.45, 7) is 0.180. The van der Waals surface area contributed by atoms with E-state index in [0.29, 0.717) is 28.5 Å². The van der Waals surface area contributed by atoms with Crippen LogP contribution in [0.5, 0.6) is 17.2 Å². The molecule has 3 rings (SSSR count). The fourth-order valence-electron chi connectivity index (χ4n) is 2.08. The summed E-state index contributed by atoms with van der Waals surface area (Å²) in [6, 6.07) is 9.89. The van der Waals surface area contributed by atoms with Gasteiger partial charge in [0.05, 0.1) is 18.4 Å². The summed E-state index contributed by atoms with van der Waals surface area (Å²) in [6.07, 6.45) is 1.60.